The molecule has 4 heterocycles. The third-order valence-electron chi connectivity index (χ3n) is 7.13. The molecule has 0 spiro atoms. The van der Waals surface area contributed by atoms with Crippen molar-refractivity contribution < 1.29 is 9.53 Å². The summed E-state index contributed by atoms with van der Waals surface area (Å²) in [5, 5.41) is 2.15. The monoisotopic (exact) mass is 421 g/mol. The van der Waals surface area contributed by atoms with Gasteiger partial charge < -0.3 is 13.9 Å². The van der Waals surface area contributed by atoms with Gasteiger partial charge >= 0.3 is 5.97 Å². The molecule has 5 aromatic rings. The average molecular weight is 422 g/mol. The van der Waals surface area contributed by atoms with Crippen molar-refractivity contribution in [2.45, 2.75) is 19.4 Å². The van der Waals surface area contributed by atoms with Crippen LogP contribution in [-0.4, -0.2) is 20.1 Å². The second kappa shape index (κ2) is 6.33. The highest BCUT2D eigenvalue weighted by atomic mass is 16.6. The molecule has 32 heavy (non-hydrogen) atoms. The zero-order valence-electron chi connectivity index (χ0n) is 18.5. The van der Waals surface area contributed by atoms with Gasteiger partial charge in [-0.15, -0.1) is 0 Å². The van der Waals surface area contributed by atoms with Crippen LogP contribution in [0.25, 0.3) is 21.8 Å². The molecule has 0 saturated heterocycles. The number of esters is 1. The first kappa shape index (κ1) is 18.9. The Morgan fingerprint density at radius 2 is 1.31 bits per heavy atom. The standard InChI is InChI=1S/C27H23N3O2/c1-16-23(18-10-5-7-13-21(18)29(16)3)27(20-12-9-15-28-25(20)26(31)32-27)24-17(2)30(4)22-14-8-6-11-19(22)24/h5-15H,1-4H3. The summed E-state index contributed by atoms with van der Waals surface area (Å²) in [4.78, 5) is 17.7. The van der Waals surface area contributed by atoms with E-state index in [4.69, 9.17) is 4.74 Å². The fourth-order valence-corrected chi connectivity index (χ4v) is 5.52. The largest absolute Gasteiger partial charge is 0.439 e. The van der Waals surface area contributed by atoms with E-state index in [1.807, 2.05) is 36.4 Å². The van der Waals surface area contributed by atoms with Crippen LogP contribution >= 0.6 is 0 Å². The molecule has 0 saturated carbocycles. The molecule has 0 atom stereocenters. The van der Waals surface area contributed by atoms with Crippen molar-refractivity contribution in [2.24, 2.45) is 14.1 Å². The first-order valence-corrected chi connectivity index (χ1v) is 10.7. The summed E-state index contributed by atoms with van der Waals surface area (Å²) in [5.74, 6) is -0.389. The lowest BCUT2D eigenvalue weighted by Crippen LogP contribution is -2.31. The molecule has 5 heteroatoms. The average Bonchev–Trinajstić information content (AvgIpc) is 3.36. The highest BCUT2D eigenvalue weighted by Gasteiger charge is 2.53. The molecule has 0 bridgehead atoms. The van der Waals surface area contributed by atoms with Crippen LogP contribution in [0, 0.1) is 13.8 Å². The predicted octanol–water partition coefficient (Wildman–Crippen LogP) is 5.14. The lowest BCUT2D eigenvalue weighted by molar-refractivity contribution is 0.0253. The molecule has 0 aliphatic carbocycles. The van der Waals surface area contributed by atoms with Crippen LogP contribution in [0.5, 0.6) is 0 Å². The number of rotatable bonds is 2. The molecule has 158 valence electrons. The summed E-state index contributed by atoms with van der Waals surface area (Å²) in [7, 11) is 4.12. The van der Waals surface area contributed by atoms with E-state index in [-0.39, 0.29) is 5.97 Å². The van der Waals surface area contributed by atoms with Gasteiger partial charge in [0.1, 0.15) is 0 Å². The van der Waals surface area contributed by atoms with Gasteiger partial charge in [0, 0.05) is 70.2 Å². The van der Waals surface area contributed by atoms with E-state index in [9.17, 15) is 4.79 Å². The maximum Gasteiger partial charge on any atom is 0.358 e. The molecule has 0 fully saturated rings. The second-order valence-electron chi connectivity index (χ2n) is 8.54. The van der Waals surface area contributed by atoms with Crippen LogP contribution in [0.4, 0.5) is 0 Å². The van der Waals surface area contributed by atoms with Crippen molar-refractivity contribution in [1.82, 2.24) is 14.1 Å². The zero-order chi connectivity index (χ0) is 22.2. The number of carbonyl (C=O) groups excluding carboxylic acids is 1. The molecule has 1 aliphatic heterocycles. The summed E-state index contributed by atoms with van der Waals surface area (Å²) in [6, 6.07) is 20.5. The molecule has 0 N–H and O–H groups in total. The Kier molecular flexibility index (Phi) is 3.73. The van der Waals surface area contributed by atoms with Crippen LogP contribution in [0.15, 0.2) is 66.9 Å². The third-order valence-corrected chi connectivity index (χ3v) is 7.13. The Morgan fingerprint density at radius 3 is 1.88 bits per heavy atom. The first-order chi connectivity index (χ1) is 15.5. The van der Waals surface area contributed by atoms with Crippen LogP contribution in [0.1, 0.15) is 38.6 Å². The number of nitrogens with zero attached hydrogens (tertiary/aromatic N) is 3. The maximum absolute atomic E-state index is 13.2. The second-order valence-corrected chi connectivity index (χ2v) is 8.54. The number of hydrogen-bond acceptors (Lipinski definition) is 3. The van der Waals surface area contributed by atoms with Gasteiger partial charge in [0.05, 0.1) is 0 Å². The SMILES string of the molecule is Cc1c(C2(c3c(C)n(C)c4ccccc34)OC(=O)c3ncccc32)c2ccccc2n1C. The lowest BCUT2D eigenvalue weighted by atomic mass is 9.78. The van der Waals surface area contributed by atoms with E-state index < -0.39 is 5.60 Å². The van der Waals surface area contributed by atoms with E-state index in [0.29, 0.717) is 5.69 Å². The molecule has 1 aliphatic rings. The number of fused-ring (bicyclic) bond motifs is 3. The molecule has 0 radical (unpaired) electrons. The normalized spacial score (nSPS) is 14.8. The number of carbonyl (C=O) groups is 1. The van der Waals surface area contributed by atoms with E-state index in [2.05, 4.69) is 66.3 Å². The van der Waals surface area contributed by atoms with Gasteiger partial charge in [0.2, 0.25) is 0 Å². The first-order valence-electron chi connectivity index (χ1n) is 10.7. The number of para-hydroxylation sites is 2. The maximum atomic E-state index is 13.2. The Bertz CT molecular complexity index is 1490. The summed E-state index contributed by atoms with van der Waals surface area (Å²) in [6.45, 7) is 4.19. The Balaban J connectivity index is 1.87. The summed E-state index contributed by atoms with van der Waals surface area (Å²) >= 11 is 0. The summed E-state index contributed by atoms with van der Waals surface area (Å²) < 4.78 is 10.8. The van der Waals surface area contributed by atoms with Crippen molar-refractivity contribution in [3.8, 4) is 0 Å². The van der Waals surface area contributed by atoms with Crippen LogP contribution in [0.3, 0.4) is 0 Å². The van der Waals surface area contributed by atoms with E-state index >= 15 is 0 Å². The van der Waals surface area contributed by atoms with Crippen molar-refractivity contribution >= 4 is 27.8 Å². The number of pyridine rings is 1. The summed E-state index contributed by atoms with van der Waals surface area (Å²) in [6.07, 6.45) is 1.65. The quantitative estimate of drug-likeness (QED) is 0.371. The lowest BCUT2D eigenvalue weighted by Gasteiger charge is -2.31. The number of cyclic esters (lactones) is 1. The van der Waals surface area contributed by atoms with Crippen molar-refractivity contribution in [2.75, 3.05) is 0 Å². The van der Waals surface area contributed by atoms with Crippen molar-refractivity contribution in [3.05, 3.63) is 101 Å². The topological polar surface area (TPSA) is 49.1 Å². The Labute approximate surface area is 185 Å². The smallest absolute Gasteiger partial charge is 0.358 e. The molecule has 2 aromatic carbocycles. The number of aromatic nitrogens is 3. The Hall–Kier alpha value is -3.86. The number of hydrogen-bond donors (Lipinski definition) is 0. The molecule has 3 aromatic heterocycles. The fraction of sp³-hybridized carbons (Fsp3) is 0.185. The van der Waals surface area contributed by atoms with Crippen molar-refractivity contribution in [1.29, 1.82) is 0 Å². The fourth-order valence-electron chi connectivity index (χ4n) is 5.52. The molecule has 5 nitrogen and oxygen atoms in total. The van der Waals surface area contributed by atoms with Crippen molar-refractivity contribution in [3.63, 3.8) is 0 Å². The zero-order valence-corrected chi connectivity index (χ0v) is 18.5. The molecular weight excluding hydrogens is 398 g/mol. The number of ether oxygens (including phenoxy) is 1. The minimum atomic E-state index is -1.09. The molecular formula is C27H23N3O2. The van der Waals surface area contributed by atoms with Gasteiger partial charge in [-0.2, -0.15) is 0 Å². The van der Waals surface area contributed by atoms with Crippen LogP contribution in [-0.2, 0) is 24.4 Å². The summed E-state index contributed by atoms with van der Waals surface area (Å²) in [5.41, 5.74) is 6.40. The molecule has 0 amide bonds. The minimum absolute atomic E-state index is 0.382. The molecule has 0 unspecified atom stereocenters. The minimum Gasteiger partial charge on any atom is -0.439 e. The molecule has 6 rings (SSSR count). The highest BCUT2D eigenvalue weighted by Crippen LogP contribution is 2.53. The van der Waals surface area contributed by atoms with Gasteiger partial charge in [-0.25, -0.2) is 9.78 Å². The van der Waals surface area contributed by atoms with Gasteiger partial charge in [0.25, 0.3) is 0 Å². The van der Waals surface area contributed by atoms with Gasteiger partial charge in [-0.05, 0) is 32.0 Å². The van der Waals surface area contributed by atoms with Crippen LogP contribution < -0.4 is 0 Å². The number of benzene rings is 2. The highest BCUT2D eigenvalue weighted by molar-refractivity contribution is 6.00. The van der Waals surface area contributed by atoms with Gasteiger partial charge in [0.15, 0.2) is 11.3 Å². The van der Waals surface area contributed by atoms with Gasteiger partial charge in [-0.1, -0.05) is 42.5 Å². The Morgan fingerprint density at radius 1 is 0.781 bits per heavy atom. The van der Waals surface area contributed by atoms with Crippen LogP contribution in [0.2, 0.25) is 0 Å². The predicted molar refractivity (Wildman–Crippen MR) is 125 cm³/mol. The van der Waals surface area contributed by atoms with E-state index in [1.165, 1.54) is 0 Å². The number of aryl methyl sites for hydroxylation is 2. The third kappa shape index (κ3) is 2.13. The van der Waals surface area contributed by atoms with E-state index in [0.717, 1.165) is 49.9 Å². The van der Waals surface area contributed by atoms with Gasteiger partial charge in [-0.3, -0.25) is 0 Å². The van der Waals surface area contributed by atoms with E-state index in [1.54, 1.807) is 6.20 Å².